The van der Waals surface area contributed by atoms with E-state index in [4.69, 9.17) is 4.74 Å². The van der Waals surface area contributed by atoms with Crippen molar-refractivity contribution in [3.63, 3.8) is 0 Å². The summed E-state index contributed by atoms with van der Waals surface area (Å²) in [4.78, 5) is 7.10. The molecular weight excluding hydrogens is 407 g/mol. The Morgan fingerprint density at radius 3 is 2.71 bits per heavy atom. The molecule has 0 radical (unpaired) electrons. The topological polar surface area (TPSA) is 37.4 Å². The molecule has 1 aromatic carbocycles. The maximum atomic E-state index is 13.5. The number of alkyl halides is 3. The molecule has 3 aromatic rings. The fourth-order valence-electron chi connectivity index (χ4n) is 2.51. The molecule has 2 aromatic heterocycles. The van der Waals surface area contributed by atoms with Crippen LogP contribution in [-0.2, 0) is 6.18 Å². The number of thiazole rings is 1. The molecule has 0 saturated heterocycles. The zero-order chi connectivity index (χ0) is 20.1. The number of halogens is 3. The monoisotopic (exact) mass is 427 g/mol. The summed E-state index contributed by atoms with van der Waals surface area (Å²) in [5.41, 5.74) is 0.192. The average Bonchev–Trinajstić information content (AvgIpc) is 3.30. The van der Waals surface area contributed by atoms with Crippen LogP contribution in [-0.4, -0.2) is 37.1 Å². The minimum Gasteiger partial charge on any atom is -0.494 e. The number of hydrogen-bond acceptors (Lipinski definition) is 6. The molecule has 2 heterocycles. The predicted molar refractivity (Wildman–Crippen MR) is 109 cm³/mol. The van der Waals surface area contributed by atoms with E-state index >= 15 is 0 Å². The van der Waals surface area contributed by atoms with Gasteiger partial charge in [-0.2, -0.15) is 24.5 Å². The first kappa shape index (κ1) is 20.6. The van der Waals surface area contributed by atoms with Gasteiger partial charge in [-0.1, -0.05) is 11.3 Å². The van der Waals surface area contributed by atoms with Crippen LogP contribution in [0.4, 0.5) is 24.0 Å². The zero-order valence-electron chi connectivity index (χ0n) is 15.4. The van der Waals surface area contributed by atoms with Crippen LogP contribution in [0.15, 0.2) is 41.2 Å². The van der Waals surface area contributed by atoms with Crippen LogP contribution in [0.3, 0.4) is 0 Å². The van der Waals surface area contributed by atoms with E-state index in [0.29, 0.717) is 11.7 Å². The quantitative estimate of drug-likeness (QED) is 0.450. The van der Waals surface area contributed by atoms with Gasteiger partial charge in [-0.3, -0.25) is 0 Å². The van der Waals surface area contributed by atoms with Crippen LogP contribution in [0.1, 0.15) is 12.0 Å². The van der Waals surface area contributed by atoms with E-state index in [-0.39, 0.29) is 11.4 Å². The van der Waals surface area contributed by atoms with Gasteiger partial charge in [0.25, 0.3) is 0 Å². The van der Waals surface area contributed by atoms with Crippen LogP contribution in [0, 0.1) is 0 Å². The van der Waals surface area contributed by atoms with Gasteiger partial charge in [0.15, 0.2) is 5.13 Å². The van der Waals surface area contributed by atoms with Crippen molar-refractivity contribution in [2.75, 3.05) is 32.6 Å². The third-order valence-electron chi connectivity index (χ3n) is 3.87. The van der Waals surface area contributed by atoms with Crippen LogP contribution < -0.4 is 10.1 Å². The Labute approximate surface area is 169 Å². The molecule has 0 amide bonds. The number of thiophene rings is 1. The van der Waals surface area contributed by atoms with Crippen LogP contribution in [0.2, 0.25) is 0 Å². The van der Waals surface area contributed by atoms with Crippen molar-refractivity contribution >= 4 is 33.5 Å². The number of ether oxygens (including phenoxy) is 1. The minimum atomic E-state index is -4.50. The van der Waals surface area contributed by atoms with Crippen molar-refractivity contribution in [3.05, 3.63) is 46.8 Å². The lowest BCUT2D eigenvalue weighted by atomic mass is 10.1. The lowest BCUT2D eigenvalue weighted by Gasteiger charge is -2.16. The first-order valence-corrected chi connectivity index (χ1v) is 10.3. The third kappa shape index (κ3) is 5.46. The minimum absolute atomic E-state index is 0.0423. The number of benzene rings is 1. The maximum absolute atomic E-state index is 13.5. The van der Waals surface area contributed by atoms with Gasteiger partial charge in [0.2, 0.25) is 0 Å². The molecule has 3 rings (SSSR count). The van der Waals surface area contributed by atoms with E-state index in [0.717, 1.165) is 29.5 Å². The van der Waals surface area contributed by atoms with E-state index in [1.165, 1.54) is 17.4 Å². The fourth-order valence-corrected chi connectivity index (χ4v) is 4.07. The Hall–Kier alpha value is -2.10. The van der Waals surface area contributed by atoms with Gasteiger partial charge in [-0.15, -0.1) is 0 Å². The summed E-state index contributed by atoms with van der Waals surface area (Å²) in [5.74, 6) is 0.203. The first-order chi connectivity index (χ1) is 13.3. The normalized spacial score (nSPS) is 11.8. The van der Waals surface area contributed by atoms with Gasteiger partial charge in [-0.05, 0) is 55.5 Å². The smallest absolute Gasteiger partial charge is 0.418 e. The van der Waals surface area contributed by atoms with Crippen molar-refractivity contribution in [3.8, 4) is 16.2 Å². The van der Waals surface area contributed by atoms with E-state index < -0.39 is 11.7 Å². The SMILES string of the molecule is CN(C)CCCOc1ccc(Nc2ncc(-c3ccsc3)s2)c(C(F)(F)F)c1. The van der Waals surface area contributed by atoms with Crippen LogP contribution >= 0.6 is 22.7 Å². The Balaban J connectivity index is 1.75. The number of hydrogen-bond donors (Lipinski definition) is 1. The van der Waals surface area contributed by atoms with E-state index in [2.05, 4.69) is 10.3 Å². The highest BCUT2D eigenvalue weighted by Gasteiger charge is 2.34. The van der Waals surface area contributed by atoms with Crippen molar-refractivity contribution < 1.29 is 17.9 Å². The van der Waals surface area contributed by atoms with Crippen molar-refractivity contribution in [2.24, 2.45) is 0 Å². The number of anilines is 2. The van der Waals surface area contributed by atoms with Gasteiger partial charge in [-0.25, -0.2) is 4.98 Å². The lowest BCUT2D eigenvalue weighted by Crippen LogP contribution is -2.15. The van der Waals surface area contributed by atoms with Gasteiger partial charge in [0, 0.05) is 18.3 Å². The molecule has 0 bridgehead atoms. The summed E-state index contributed by atoms with van der Waals surface area (Å²) in [6, 6.07) is 5.91. The molecule has 4 nitrogen and oxygen atoms in total. The van der Waals surface area contributed by atoms with Crippen molar-refractivity contribution in [1.82, 2.24) is 9.88 Å². The molecular formula is C19H20F3N3OS2. The molecule has 28 heavy (non-hydrogen) atoms. The third-order valence-corrected chi connectivity index (χ3v) is 5.51. The molecule has 0 aliphatic heterocycles. The molecule has 0 fully saturated rings. The van der Waals surface area contributed by atoms with Crippen molar-refractivity contribution in [1.29, 1.82) is 0 Å². The van der Waals surface area contributed by atoms with E-state index in [1.807, 2.05) is 35.8 Å². The summed E-state index contributed by atoms with van der Waals surface area (Å²) < 4.78 is 46.1. The Kier molecular flexibility index (Phi) is 6.58. The number of rotatable bonds is 8. The first-order valence-electron chi connectivity index (χ1n) is 8.57. The Morgan fingerprint density at radius 2 is 2.04 bits per heavy atom. The standard InChI is InChI=1S/C19H20F3N3OS2/c1-25(2)7-3-8-26-14-4-5-16(15(10-14)19(20,21)22)24-18-23-11-17(28-18)13-6-9-27-12-13/h4-6,9-12H,3,7-8H2,1-2H3,(H,23,24). The summed E-state index contributed by atoms with van der Waals surface area (Å²) in [7, 11) is 3.87. The van der Waals surface area contributed by atoms with Crippen LogP contribution in [0.5, 0.6) is 5.75 Å². The van der Waals surface area contributed by atoms with Crippen LogP contribution in [0.25, 0.3) is 10.4 Å². The number of aromatic nitrogens is 1. The summed E-state index contributed by atoms with van der Waals surface area (Å²) in [6.07, 6.45) is -2.11. The number of nitrogens with zero attached hydrogens (tertiary/aromatic N) is 2. The highest BCUT2D eigenvalue weighted by molar-refractivity contribution is 7.19. The molecule has 0 aliphatic rings. The second-order valence-corrected chi connectivity index (χ2v) is 8.19. The van der Waals surface area contributed by atoms with Gasteiger partial charge < -0.3 is 15.0 Å². The molecule has 9 heteroatoms. The molecule has 0 unspecified atom stereocenters. The summed E-state index contributed by atoms with van der Waals surface area (Å²) in [5, 5.41) is 7.13. The largest absolute Gasteiger partial charge is 0.494 e. The second-order valence-electron chi connectivity index (χ2n) is 6.38. The molecule has 0 spiro atoms. The summed E-state index contributed by atoms with van der Waals surface area (Å²) >= 11 is 2.87. The Morgan fingerprint density at radius 1 is 1.21 bits per heavy atom. The molecule has 0 aliphatic carbocycles. The zero-order valence-corrected chi connectivity index (χ0v) is 17.0. The number of nitrogens with one attached hydrogen (secondary N) is 1. The predicted octanol–water partition coefficient (Wildman–Crippen LogP) is 5.96. The highest BCUT2D eigenvalue weighted by Crippen LogP contribution is 2.39. The average molecular weight is 428 g/mol. The molecule has 1 N–H and O–H groups in total. The molecule has 0 atom stereocenters. The summed E-state index contributed by atoms with van der Waals surface area (Å²) in [6.45, 7) is 1.17. The molecule has 150 valence electrons. The fraction of sp³-hybridized carbons (Fsp3) is 0.316. The van der Waals surface area contributed by atoms with Gasteiger partial charge in [0.1, 0.15) is 5.75 Å². The molecule has 0 saturated carbocycles. The maximum Gasteiger partial charge on any atom is 0.418 e. The van der Waals surface area contributed by atoms with Gasteiger partial charge >= 0.3 is 6.18 Å². The Bertz CT molecular complexity index is 892. The van der Waals surface area contributed by atoms with E-state index in [1.54, 1.807) is 23.6 Å². The van der Waals surface area contributed by atoms with Crippen molar-refractivity contribution in [2.45, 2.75) is 12.6 Å². The van der Waals surface area contributed by atoms with E-state index in [9.17, 15) is 13.2 Å². The highest BCUT2D eigenvalue weighted by atomic mass is 32.1. The second kappa shape index (κ2) is 8.93. The lowest BCUT2D eigenvalue weighted by molar-refractivity contribution is -0.137. The van der Waals surface area contributed by atoms with Gasteiger partial charge in [0.05, 0.1) is 22.7 Å².